The second-order valence-electron chi connectivity index (χ2n) is 3.51. The van der Waals surface area contributed by atoms with Crippen LogP contribution in [-0.2, 0) is 4.79 Å². The summed E-state index contributed by atoms with van der Waals surface area (Å²) in [5.74, 6) is 0.603. The Morgan fingerprint density at radius 3 is 2.86 bits per heavy atom. The highest BCUT2D eigenvalue weighted by Gasteiger charge is 2.05. The summed E-state index contributed by atoms with van der Waals surface area (Å²) >= 11 is 0. The Bertz CT molecular complexity index is 306. The highest BCUT2D eigenvalue weighted by Crippen LogP contribution is 2.07. The van der Waals surface area contributed by atoms with Gasteiger partial charge in [0.15, 0.2) is 0 Å². The number of hydrogen-bond donors (Lipinski definition) is 3. The number of aryl methyl sites for hydroxylation is 1. The van der Waals surface area contributed by atoms with Crippen LogP contribution in [-0.4, -0.2) is 28.7 Å². The topological polar surface area (TPSA) is 69.8 Å². The molecule has 0 fully saturated rings. The van der Waals surface area contributed by atoms with Gasteiger partial charge in [0.25, 0.3) is 0 Å². The molecule has 3 N–H and O–H groups in total. The summed E-state index contributed by atoms with van der Waals surface area (Å²) in [6.45, 7) is 6.19. The second kappa shape index (κ2) is 4.76. The molecule has 0 aromatic carbocycles. The highest BCUT2D eigenvalue weighted by molar-refractivity contribution is 5.91. The third-order valence-electron chi connectivity index (χ3n) is 1.76. The van der Waals surface area contributed by atoms with E-state index in [-0.39, 0.29) is 5.91 Å². The molecule has 78 valence electrons. The number of carbonyl (C=O) groups is 1. The summed E-state index contributed by atoms with van der Waals surface area (Å²) in [5, 5.41) is 12.3. The average Bonchev–Trinajstić information content (AvgIpc) is 2.49. The van der Waals surface area contributed by atoms with Crippen LogP contribution in [0.25, 0.3) is 0 Å². The molecule has 0 aliphatic carbocycles. The minimum atomic E-state index is -0.0638. The monoisotopic (exact) mass is 196 g/mol. The first kappa shape index (κ1) is 10.7. The first-order valence-electron chi connectivity index (χ1n) is 4.63. The molecule has 1 amide bonds. The lowest BCUT2D eigenvalue weighted by molar-refractivity contribution is -0.115. The Labute approximate surface area is 83.3 Å². The molecule has 0 aliphatic heterocycles. The van der Waals surface area contributed by atoms with Crippen molar-refractivity contribution in [3.05, 3.63) is 11.8 Å². The van der Waals surface area contributed by atoms with Crippen molar-refractivity contribution < 1.29 is 4.79 Å². The molecule has 14 heavy (non-hydrogen) atoms. The maximum Gasteiger partial charge on any atom is 0.239 e. The fraction of sp³-hybridized carbons (Fsp3) is 0.556. The van der Waals surface area contributed by atoms with Crippen LogP contribution in [0.3, 0.4) is 0 Å². The number of aromatic nitrogens is 2. The van der Waals surface area contributed by atoms with Gasteiger partial charge in [0, 0.05) is 11.6 Å². The largest absolute Gasteiger partial charge is 0.310 e. The summed E-state index contributed by atoms with van der Waals surface area (Å²) in [5.41, 5.74) is 0.933. The van der Waals surface area contributed by atoms with Gasteiger partial charge in [-0.15, -0.1) is 0 Å². The lowest BCUT2D eigenvalue weighted by Crippen LogP contribution is -2.32. The smallest absolute Gasteiger partial charge is 0.239 e. The molecule has 0 unspecified atom stereocenters. The van der Waals surface area contributed by atoms with E-state index in [1.54, 1.807) is 6.20 Å². The van der Waals surface area contributed by atoms with E-state index in [1.807, 2.05) is 20.8 Å². The Morgan fingerprint density at radius 1 is 1.64 bits per heavy atom. The van der Waals surface area contributed by atoms with Crippen LogP contribution >= 0.6 is 0 Å². The van der Waals surface area contributed by atoms with E-state index in [4.69, 9.17) is 0 Å². The molecule has 1 aromatic rings. The van der Waals surface area contributed by atoms with Crippen LogP contribution < -0.4 is 10.6 Å². The normalized spacial score (nSPS) is 10.6. The summed E-state index contributed by atoms with van der Waals surface area (Å²) in [7, 11) is 0. The van der Waals surface area contributed by atoms with Gasteiger partial charge in [-0.3, -0.25) is 9.89 Å². The van der Waals surface area contributed by atoms with Gasteiger partial charge in [0.2, 0.25) is 5.91 Å². The summed E-state index contributed by atoms with van der Waals surface area (Å²) in [4.78, 5) is 11.3. The summed E-state index contributed by atoms with van der Waals surface area (Å²) in [6, 6.07) is 0.309. The molecule has 0 saturated heterocycles. The Balaban J connectivity index is 2.38. The van der Waals surface area contributed by atoms with E-state index < -0.39 is 0 Å². The van der Waals surface area contributed by atoms with E-state index in [0.717, 1.165) is 5.56 Å². The second-order valence-corrected chi connectivity index (χ2v) is 3.51. The van der Waals surface area contributed by atoms with Crippen LogP contribution in [0.2, 0.25) is 0 Å². The fourth-order valence-corrected chi connectivity index (χ4v) is 0.953. The molecule has 1 rings (SSSR count). The standard InChI is InChI=1S/C9H16N4O/c1-6(2)10-5-8(14)12-9-7(3)4-11-13-9/h4,6,10H,5H2,1-3H3,(H2,11,12,13,14). The number of nitrogens with one attached hydrogen (secondary N) is 3. The zero-order chi connectivity index (χ0) is 10.6. The predicted molar refractivity (Wildman–Crippen MR) is 55.1 cm³/mol. The van der Waals surface area contributed by atoms with Gasteiger partial charge in [-0.2, -0.15) is 5.10 Å². The van der Waals surface area contributed by atoms with E-state index in [2.05, 4.69) is 20.8 Å². The number of hydrogen-bond acceptors (Lipinski definition) is 3. The molecule has 0 spiro atoms. The van der Waals surface area contributed by atoms with E-state index in [1.165, 1.54) is 0 Å². The van der Waals surface area contributed by atoms with Crippen LogP contribution in [0.1, 0.15) is 19.4 Å². The first-order valence-corrected chi connectivity index (χ1v) is 4.63. The van der Waals surface area contributed by atoms with Crippen molar-refractivity contribution in [1.82, 2.24) is 15.5 Å². The quantitative estimate of drug-likeness (QED) is 0.662. The molecule has 0 aliphatic rings. The molecule has 0 bridgehead atoms. The fourth-order valence-electron chi connectivity index (χ4n) is 0.953. The molecule has 0 atom stereocenters. The average molecular weight is 196 g/mol. The lowest BCUT2D eigenvalue weighted by atomic mass is 10.3. The van der Waals surface area contributed by atoms with Gasteiger partial charge in [-0.25, -0.2) is 0 Å². The first-order chi connectivity index (χ1) is 6.59. The van der Waals surface area contributed by atoms with Gasteiger partial charge >= 0.3 is 0 Å². The van der Waals surface area contributed by atoms with Gasteiger partial charge < -0.3 is 10.6 Å². The number of H-pyrrole nitrogens is 1. The minimum Gasteiger partial charge on any atom is -0.310 e. The number of nitrogens with zero attached hydrogens (tertiary/aromatic N) is 1. The van der Waals surface area contributed by atoms with Crippen molar-refractivity contribution in [3.63, 3.8) is 0 Å². The van der Waals surface area contributed by atoms with Crippen molar-refractivity contribution in [3.8, 4) is 0 Å². The maximum atomic E-state index is 11.3. The van der Waals surface area contributed by atoms with Crippen molar-refractivity contribution in [1.29, 1.82) is 0 Å². The van der Waals surface area contributed by atoms with Gasteiger partial charge in [-0.1, -0.05) is 13.8 Å². The number of amides is 1. The Kier molecular flexibility index (Phi) is 3.64. The van der Waals surface area contributed by atoms with Crippen LogP contribution in [0.4, 0.5) is 5.82 Å². The summed E-state index contributed by atoms with van der Waals surface area (Å²) in [6.07, 6.45) is 1.67. The number of carbonyl (C=O) groups excluding carboxylic acids is 1. The van der Waals surface area contributed by atoms with E-state index >= 15 is 0 Å². The molecule has 0 saturated carbocycles. The van der Waals surface area contributed by atoms with Crippen molar-refractivity contribution in [2.24, 2.45) is 0 Å². The van der Waals surface area contributed by atoms with E-state index in [9.17, 15) is 4.79 Å². The lowest BCUT2D eigenvalue weighted by Gasteiger charge is -2.07. The van der Waals surface area contributed by atoms with Crippen LogP contribution in [0.15, 0.2) is 6.20 Å². The van der Waals surface area contributed by atoms with Crippen molar-refractivity contribution >= 4 is 11.7 Å². The zero-order valence-electron chi connectivity index (χ0n) is 8.72. The molecule has 5 heteroatoms. The molecule has 1 heterocycles. The third-order valence-corrected chi connectivity index (χ3v) is 1.76. The molecule has 5 nitrogen and oxygen atoms in total. The van der Waals surface area contributed by atoms with Gasteiger partial charge in [-0.05, 0) is 6.92 Å². The van der Waals surface area contributed by atoms with Gasteiger partial charge in [0.1, 0.15) is 5.82 Å². The van der Waals surface area contributed by atoms with Crippen molar-refractivity contribution in [2.75, 3.05) is 11.9 Å². The predicted octanol–water partition coefficient (Wildman–Crippen LogP) is 0.655. The SMILES string of the molecule is Cc1cn[nH]c1NC(=O)CNC(C)C. The maximum absolute atomic E-state index is 11.3. The molecular weight excluding hydrogens is 180 g/mol. The van der Waals surface area contributed by atoms with Crippen molar-refractivity contribution in [2.45, 2.75) is 26.8 Å². The Hall–Kier alpha value is -1.36. The van der Waals surface area contributed by atoms with Crippen LogP contribution in [0, 0.1) is 6.92 Å². The number of anilines is 1. The molecule has 0 radical (unpaired) electrons. The van der Waals surface area contributed by atoms with Gasteiger partial charge in [0.05, 0.1) is 12.7 Å². The molecular formula is C9H16N4O. The van der Waals surface area contributed by atoms with E-state index in [0.29, 0.717) is 18.4 Å². The summed E-state index contributed by atoms with van der Waals surface area (Å²) < 4.78 is 0. The molecule has 1 aromatic heterocycles. The zero-order valence-corrected chi connectivity index (χ0v) is 8.72. The Morgan fingerprint density at radius 2 is 2.36 bits per heavy atom. The third kappa shape index (κ3) is 3.18. The van der Waals surface area contributed by atoms with Crippen LogP contribution in [0.5, 0.6) is 0 Å². The number of rotatable bonds is 4. The number of aromatic amines is 1. The highest BCUT2D eigenvalue weighted by atomic mass is 16.2. The minimum absolute atomic E-state index is 0.0638.